The van der Waals surface area contributed by atoms with Crippen molar-refractivity contribution in [2.75, 3.05) is 46.4 Å². The molecule has 3 rings (SSSR count). The molecule has 0 unspecified atom stereocenters. The predicted molar refractivity (Wildman–Crippen MR) is 77.6 cm³/mol. The van der Waals surface area contributed by atoms with Gasteiger partial charge in [-0.05, 0) is 38.8 Å². The van der Waals surface area contributed by atoms with Crippen LogP contribution in [0.5, 0.6) is 0 Å². The van der Waals surface area contributed by atoms with Gasteiger partial charge in [0.05, 0.1) is 0 Å². The lowest BCUT2D eigenvalue weighted by Crippen LogP contribution is -2.60. The smallest absolute Gasteiger partial charge is 0.254 e. The van der Waals surface area contributed by atoms with Crippen LogP contribution < -0.4 is 5.32 Å². The first kappa shape index (κ1) is 14.3. The Labute approximate surface area is 121 Å². The van der Waals surface area contributed by atoms with Crippen LogP contribution in [0.25, 0.3) is 0 Å². The van der Waals surface area contributed by atoms with Crippen LogP contribution in [0, 0.1) is 0 Å². The summed E-state index contributed by atoms with van der Waals surface area (Å²) < 4.78 is 5.66. The Morgan fingerprint density at radius 1 is 1.15 bits per heavy atom. The van der Waals surface area contributed by atoms with Gasteiger partial charge in [0.1, 0.15) is 5.60 Å². The maximum atomic E-state index is 12.8. The first-order chi connectivity index (χ1) is 9.75. The first-order valence-electron chi connectivity index (χ1n) is 8.04. The summed E-state index contributed by atoms with van der Waals surface area (Å²) in [6.07, 6.45) is 5.67. The highest BCUT2D eigenvalue weighted by atomic mass is 16.5. The molecular formula is C15H27N3O2. The summed E-state index contributed by atoms with van der Waals surface area (Å²) in [7, 11) is 1.69. The Bertz CT molecular complexity index is 343. The molecule has 0 atom stereocenters. The van der Waals surface area contributed by atoms with E-state index in [1.807, 2.05) is 4.90 Å². The van der Waals surface area contributed by atoms with Gasteiger partial charge in [-0.2, -0.15) is 0 Å². The molecule has 5 nitrogen and oxygen atoms in total. The number of nitrogens with zero attached hydrogens (tertiary/aromatic N) is 2. The van der Waals surface area contributed by atoms with Crippen molar-refractivity contribution in [1.29, 1.82) is 0 Å². The van der Waals surface area contributed by atoms with Crippen LogP contribution in [-0.2, 0) is 9.53 Å². The number of carbonyl (C=O) groups excluding carboxylic acids is 1. The minimum atomic E-state index is -0.566. The molecule has 5 heteroatoms. The molecule has 0 aromatic heterocycles. The van der Waals surface area contributed by atoms with Crippen molar-refractivity contribution in [3.63, 3.8) is 0 Å². The van der Waals surface area contributed by atoms with Crippen LogP contribution in [0.2, 0.25) is 0 Å². The molecule has 114 valence electrons. The lowest BCUT2D eigenvalue weighted by Gasteiger charge is -2.45. The van der Waals surface area contributed by atoms with Gasteiger partial charge in [-0.1, -0.05) is 6.42 Å². The highest BCUT2D eigenvalue weighted by Gasteiger charge is 2.43. The van der Waals surface area contributed by atoms with Crippen molar-refractivity contribution in [2.24, 2.45) is 0 Å². The summed E-state index contributed by atoms with van der Waals surface area (Å²) >= 11 is 0. The fourth-order valence-corrected chi connectivity index (χ4v) is 3.67. The third kappa shape index (κ3) is 2.59. The quantitative estimate of drug-likeness (QED) is 0.816. The Morgan fingerprint density at radius 3 is 2.30 bits per heavy atom. The fourth-order valence-electron chi connectivity index (χ4n) is 3.67. The molecule has 0 radical (unpaired) electrons. The van der Waals surface area contributed by atoms with Crippen molar-refractivity contribution in [3.8, 4) is 0 Å². The standard InChI is InChI=1S/C15H27N3O2/c1-20-15(5-7-16-8-6-15)14(19)18-11-9-17(10-12-18)13-3-2-4-13/h13,16H,2-12H2,1H3. The van der Waals surface area contributed by atoms with Crippen LogP contribution in [0.4, 0.5) is 0 Å². The van der Waals surface area contributed by atoms with Gasteiger partial charge in [0.2, 0.25) is 0 Å². The third-order valence-electron chi connectivity index (χ3n) is 5.38. The van der Waals surface area contributed by atoms with E-state index in [1.54, 1.807) is 7.11 Å². The minimum Gasteiger partial charge on any atom is -0.368 e. The second-order valence-corrected chi connectivity index (χ2v) is 6.36. The van der Waals surface area contributed by atoms with Crippen molar-refractivity contribution in [3.05, 3.63) is 0 Å². The van der Waals surface area contributed by atoms with Crippen LogP contribution in [-0.4, -0.2) is 73.7 Å². The molecule has 3 aliphatic rings. The third-order valence-corrected chi connectivity index (χ3v) is 5.38. The molecule has 0 aromatic carbocycles. The zero-order valence-electron chi connectivity index (χ0n) is 12.6. The lowest BCUT2D eigenvalue weighted by molar-refractivity contribution is -0.160. The van der Waals surface area contributed by atoms with Gasteiger partial charge in [0, 0.05) is 39.3 Å². The van der Waals surface area contributed by atoms with Crippen LogP contribution >= 0.6 is 0 Å². The molecule has 3 fully saturated rings. The largest absolute Gasteiger partial charge is 0.368 e. The van der Waals surface area contributed by atoms with Gasteiger partial charge in [-0.15, -0.1) is 0 Å². The molecule has 1 saturated carbocycles. The highest BCUT2D eigenvalue weighted by Crippen LogP contribution is 2.28. The second-order valence-electron chi connectivity index (χ2n) is 6.36. The number of hydrogen-bond acceptors (Lipinski definition) is 4. The van der Waals surface area contributed by atoms with Gasteiger partial charge in [-0.3, -0.25) is 9.69 Å². The van der Waals surface area contributed by atoms with E-state index >= 15 is 0 Å². The normalized spacial score (nSPS) is 28.1. The van der Waals surface area contributed by atoms with Crippen molar-refractivity contribution >= 4 is 5.91 Å². The molecule has 0 spiro atoms. The predicted octanol–water partition coefficient (Wildman–Crippen LogP) is 0.452. The second kappa shape index (κ2) is 6.00. The SMILES string of the molecule is COC1(C(=O)N2CCN(C3CCC3)CC2)CCNCC1. The van der Waals surface area contributed by atoms with Crippen molar-refractivity contribution in [1.82, 2.24) is 15.1 Å². The molecule has 1 N–H and O–H groups in total. The van der Waals surface area contributed by atoms with Gasteiger partial charge in [0.15, 0.2) is 0 Å². The molecule has 20 heavy (non-hydrogen) atoms. The molecular weight excluding hydrogens is 254 g/mol. The van der Waals surface area contributed by atoms with E-state index in [0.717, 1.165) is 58.2 Å². The Hall–Kier alpha value is -0.650. The van der Waals surface area contributed by atoms with E-state index in [-0.39, 0.29) is 5.91 Å². The minimum absolute atomic E-state index is 0.217. The van der Waals surface area contributed by atoms with E-state index in [9.17, 15) is 4.79 Å². The Kier molecular flexibility index (Phi) is 4.29. The fraction of sp³-hybridized carbons (Fsp3) is 0.933. The average molecular weight is 281 g/mol. The number of amides is 1. The van der Waals surface area contributed by atoms with E-state index in [0.29, 0.717) is 0 Å². The Morgan fingerprint density at radius 2 is 1.80 bits per heavy atom. The summed E-state index contributed by atoms with van der Waals surface area (Å²) in [5.74, 6) is 0.217. The number of ether oxygens (including phenoxy) is 1. The highest BCUT2D eigenvalue weighted by molar-refractivity contribution is 5.85. The van der Waals surface area contributed by atoms with Crippen LogP contribution in [0.3, 0.4) is 0 Å². The van der Waals surface area contributed by atoms with E-state index < -0.39 is 5.60 Å². The number of hydrogen-bond donors (Lipinski definition) is 1. The summed E-state index contributed by atoms with van der Waals surface area (Å²) in [4.78, 5) is 17.4. The number of methoxy groups -OCH3 is 1. The number of piperidine rings is 1. The van der Waals surface area contributed by atoms with Crippen LogP contribution in [0.1, 0.15) is 32.1 Å². The number of rotatable bonds is 3. The molecule has 2 aliphatic heterocycles. The van der Waals surface area contributed by atoms with Gasteiger partial charge < -0.3 is 15.0 Å². The average Bonchev–Trinajstić information content (AvgIpc) is 2.46. The first-order valence-corrected chi connectivity index (χ1v) is 8.04. The number of piperazine rings is 1. The molecule has 0 aromatic rings. The zero-order valence-corrected chi connectivity index (χ0v) is 12.6. The maximum absolute atomic E-state index is 12.8. The monoisotopic (exact) mass is 281 g/mol. The molecule has 1 aliphatic carbocycles. The van der Waals surface area contributed by atoms with Gasteiger partial charge in [-0.25, -0.2) is 0 Å². The molecule has 2 saturated heterocycles. The van der Waals surface area contributed by atoms with Crippen molar-refractivity contribution < 1.29 is 9.53 Å². The van der Waals surface area contributed by atoms with E-state index in [2.05, 4.69) is 10.2 Å². The topological polar surface area (TPSA) is 44.8 Å². The number of carbonyl (C=O) groups is 1. The molecule has 0 bridgehead atoms. The van der Waals surface area contributed by atoms with Gasteiger partial charge in [0.25, 0.3) is 5.91 Å². The molecule has 1 amide bonds. The maximum Gasteiger partial charge on any atom is 0.254 e. The Balaban J connectivity index is 1.57. The zero-order chi connectivity index (χ0) is 14.0. The summed E-state index contributed by atoms with van der Waals surface area (Å²) in [6.45, 7) is 5.56. The summed E-state index contributed by atoms with van der Waals surface area (Å²) in [6, 6.07) is 0.794. The van der Waals surface area contributed by atoms with Gasteiger partial charge >= 0.3 is 0 Å². The van der Waals surface area contributed by atoms with E-state index in [4.69, 9.17) is 4.74 Å². The number of nitrogens with one attached hydrogen (secondary N) is 1. The van der Waals surface area contributed by atoms with Crippen molar-refractivity contribution in [2.45, 2.75) is 43.7 Å². The van der Waals surface area contributed by atoms with E-state index in [1.165, 1.54) is 19.3 Å². The molecule has 2 heterocycles. The summed E-state index contributed by atoms with van der Waals surface area (Å²) in [5.41, 5.74) is -0.566. The van der Waals surface area contributed by atoms with Crippen LogP contribution in [0.15, 0.2) is 0 Å². The summed E-state index contributed by atoms with van der Waals surface area (Å²) in [5, 5.41) is 3.31. The lowest BCUT2D eigenvalue weighted by atomic mass is 9.89.